The fraction of sp³-hybridized carbons (Fsp3) is 0. The number of benzene rings is 1. The summed E-state index contributed by atoms with van der Waals surface area (Å²) in [4.78, 5) is 33.0. The first-order valence-electron chi connectivity index (χ1n) is 3.81. The molecule has 85 valence electrons. The van der Waals surface area contributed by atoms with E-state index in [1.807, 2.05) is 0 Å². The van der Waals surface area contributed by atoms with Gasteiger partial charge in [0.25, 0.3) is 15.7 Å². The summed E-state index contributed by atoms with van der Waals surface area (Å²) in [6.45, 7) is 0. The van der Waals surface area contributed by atoms with Crippen LogP contribution in [-0.4, -0.2) is 45.3 Å². The third-order valence-electron chi connectivity index (χ3n) is 1.76. The van der Waals surface area contributed by atoms with Crippen molar-refractivity contribution in [2.45, 2.75) is 4.90 Å². The molecule has 0 heterocycles. The maximum absolute atomic E-state index is 11.0. The largest absolute Gasteiger partial charge is 0.276 e. The van der Waals surface area contributed by atoms with Crippen molar-refractivity contribution in [3.8, 4) is 0 Å². The third-order valence-corrected chi connectivity index (χ3v) is 2.87. The number of halogens is 3. The molecule has 0 aliphatic carbocycles. The molecule has 0 saturated heterocycles. The predicted molar refractivity (Wildman–Crippen MR) is 70.0 cm³/mol. The van der Waals surface area contributed by atoms with E-state index in [0.717, 1.165) is 12.1 Å². The molecule has 1 aromatic carbocycles. The van der Waals surface area contributed by atoms with Crippen molar-refractivity contribution in [3.05, 3.63) is 28.8 Å². The van der Waals surface area contributed by atoms with Crippen molar-refractivity contribution in [1.29, 1.82) is 0 Å². The van der Waals surface area contributed by atoms with Crippen LogP contribution in [0.2, 0.25) is 0 Å². The molecule has 1 rings (SSSR count). The SMILES string of the molecule is O=C(Cl)c1cc(C(=O)Cl)c(S)c(C(=O)Cl)c1.[Na]. The van der Waals surface area contributed by atoms with Gasteiger partial charge >= 0.3 is 0 Å². The van der Waals surface area contributed by atoms with E-state index in [-0.39, 0.29) is 51.1 Å². The van der Waals surface area contributed by atoms with E-state index >= 15 is 0 Å². The molecule has 0 N–H and O–H groups in total. The molecule has 8 heteroatoms. The van der Waals surface area contributed by atoms with Gasteiger partial charge in [-0.25, -0.2) is 0 Å². The van der Waals surface area contributed by atoms with Crippen LogP contribution in [0.15, 0.2) is 17.0 Å². The molecule has 0 aromatic heterocycles. The van der Waals surface area contributed by atoms with Crippen LogP contribution in [0.5, 0.6) is 0 Å². The number of carbonyl (C=O) groups is 3. The van der Waals surface area contributed by atoms with Crippen LogP contribution in [0.25, 0.3) is 0 Å². The Hall–Kier alpha value is 0.450. The van der Waals surface area contributed by atoms with Gasteiger partial charge in [0.2, 0.25) is 0 Å². The molecule has 0 amide bonds. The van der Waals surface area contributed by atoms with Crippen molar-refractivity contribution in [2.24, 2.45) is 0 Å². The fourth-order valence-electron chi connectivity index (χ4n) is 1.05. The smallest absolute Gasteiger partial charge is 0.253 e. The first kappa shape index (κ1) is 17.4. The molecule has 0 aliphatic heterocycles. The summed E-state index contributed by atoms with van der Waals surface area (Å²) in [5, 5.41) is -2.54. The molecule has 17 heavy (non-hydrogen) atoms. The molecular weight excluding hydrogens is 318 g/mol. The van der Waals surface area contributed by atoms with Gasteiger partial charge in [0, 0.05) is 51.1 Å². The van der Waals surface area contributed by atoms with Crippen LogP contribution in [0.3, 0.4) is 0 Å². The Bertz CT molecular complexity index is 469. The van der Waals surface area contributed by atoms with E-state index in [4.69, 9.17) is 34.8 Å². The second kappa shape index (κ2) is 7.14. The van der Waals surface area contributed by atoms with Crippen molar-refractivity contribution in [2.75, 3.05) is 0 Å². The van der Waals surface area contributed by atoms with E-state index in [9.17, 15) is 14.4 Å². The summed E-state index contributed by atoms with van der Waals surface area (Å²) >= 11 is 19.7. The average Bonchev–Trinajstić information content (AvgIpc) is 2.16. The molecule has 0 saturated carbocycles. The molecule has 0 atom stereocenters. The van der Waals surface area contributed by atoms with Crippen molar-refractivity contribution < 1.29 is 14.4 Å². The Balaban J connectivity index is 0.00000256. The van der Waals surface area contributed by atoms with Gasteiger partial charge in [0.05, 0.1) is 0 Å². The van der Waals surface area contributed by atoms with Crippen LogP contribution >= 0.6 is 47.4 Å². The van der Waals surface area contributed by atoms with E-state index in [0.29, 0.717) is 0 Å². The number of hydrogen-bond donors (Lipinski definition) is 1. The van der Waals surface area contributed by atoms with Gasteiger partial charge < -0.3 is 0 Å². The number of thiol groups is 1. The predicted octanol–water partition coefficient (Wildman–Crippen LogP) is 2.73. The normalized spacial score (nSPS) is 9.41. The quantitative estimate of drug-likeness (QED) is 0.529. The average molecular weight is 321 g/mol. The fourth-order valence-corrected chi connectivity index (χ4v) is 1.92. The van der Waals surface area contributed by atoms with Gasteiger partial charge in [-0.3, -0.25) is 14.4 Å². The molecule has 0 aliphatic rings. The topological polar surface area (TPSA) is 51.2 Å². The standard InChI is InChI=1S/C9H3Cl3O3S.Na/c10-7(13)3-1-4(8(11)14)6(16)5(2-3)9(12)15;/h1-2,16H;. The van der Waals surface area contributed by atoms with Gasteiger partial charge in [0.15, 0.2) is 0 Å². The van der Waals surface area contributed by atoms with E-state index in [1.165, 1.54) is 0 Å². The minimum Gasteiger partial charge on any atom is -0.276 e. The molecule has 3 nitrogen and oxygen atoms in total. The molecule has 0 unspecified atom stereocenters. The summed E-state index contributed by atoms with van der Waals surface area (Å²) in [7, 11) is 0. The Morgan fingerprint density at radius 2 is 1.24 bits per heavy atom. The van der Waals surface area contributed by atoms with E-state index < -0.39 is 15.7 Å². The summed E-state index contributed by atoms with van der Waals surface area (Å²) in [6, 6.07) is 2.30. The first-order chi connectivity index (χ1) is 7.34. The van der Waals surface area contributed by atoms with Gasteiger partial charge in [-0.2, -0.15) is 0 Å². The second-order valence-corrected chi connectivity index (χ2v) is 4.22. The maximum atomic E-state index is 11.0. The van der Waals surface area contributed by atoms with Crippen LogP contribution in [0, 0.1) is 0 Å². The molecule has 0 spiro atoms. The van der Waals surface area contributed by atoms with Crippen LogP contribution in [-0.2, 0) is 0 Å². The minimum absolute atomic E-state index is 0. The Labute approximate surface area is 139 Å². The molecule has 1 radical (unpaired) electrons. The van der Waals surface area contributed by atoms with Crippen LogP contribution in [0.4, 0.5) is 0 Å². The molecule has 0 bridgehead atoms. The zero-order valence-corrected chi connectivity index (χ0v) is 13.6. The summed E-state index contributed by atoms with van der Waals surface area (Å²) in [6.07, 6.45) is 0. The molecule has 1 aromatic rings. The van der Waals surface area contributed by atoms with E-state index in [1.54, 1.807) is 0 Å². The Kier molecular flexibility index (Phi) is 7.33. The van der Waals surface area contributed by atoms with Gasteiger partial charge in [0.1, 0.15) is 0 Å². The number of rotatable bonds is 3. The zero-order valence-electron chi connectivity index (χ0n) is 8.46. The van der Waals surface area contributed by atoms with Gasteiger partial charge in [-0.15, -0.1) is 12.6 Å². The molecular formula is C9H3Cl3NaO3S. The monoisotopic (exact) mass is 319 g/mol. The summed E-state index contributed by atoms with van der Waals surface area (Å²) < 4.78 is 0. The van der Waals surface area contributed by atoms with Crippen LogP contribution < -0.4 is 0 Å². The Morgan fingerprint density at radius 3 is 1.47 bits per heavy atom. The van der Waals surface area contributed by atoms with Crippen LogP contribution in [0.1, 0.15) is 31.1 Å². The Morgan fingerprint density at radius 1 is 0.882 bits per heavy atom. The summed E-state index contributed by atoms with van der Waals surface area (Å²) in [5.74, 6) is 0. The maximum Gasteiger partial charge on any atom is 0.253 e. The number of carbonyl (C=O) groups excluding carboxylic acids is 3. The van der Waals surface area contributed by atoms with Crippen molar-refractivity contribution in [3.63, 3.8) is 0 Å². The van der Waals surface area contributed by atoms with Gasteiger partial charge in [-0.1, -0.05) is 0 Å². The zero-order chi connectivity index (χ0) is 12.5. The van der Waals surface area contributed by atoms with E-state index in [2.05, 4.69) is 12.6 Å². The minimum atomic E-state index is -0.857. The van der Waals surface area contributed by atoms with Crippen molar-refractivity contribution >= 4 is 92.7 Å². The summed E-state index contributed by atoms with van der Waals surface area (Å²) in [5.41, 5.74) is -0.242. The first-order valence-corrected chi connectivity index (χ1v) is 5.39. The third kappa shape index (κ3) is 4.24. The van der Waals surface area contributed by atoms with Gasteiger partial charge in [-0.05, 0) is 46.9 Å². The molecule has 0 fully saturated rings. The number of hydrogen-bond acceptors (Lipinski definition) is 4. The van der Waals surface area contributed by atoms with Crippen molar-refractivity contribution in [1.82, 2.24) is 0 Å². The second-order valence-electron chi connectivity index (χ2n) is 2.74.